The minimum Gasteiger partial charge on any atom is -0.330 e. The predicted octanol–water partition coefficient (Wildman–Crippen LogP) is 3.36. The van der Waals surface area contributed by atoms with Crippen molar-refractivity contribution in [2.75, 3.05) is 6.54 Å². The maximum absolute atomic E-state index is 5.74. The summed E-state index contributed by atoms with van der Waals surface area (Å²) in [7, 11) is 0. The predicted molar refractivity (Wildman–Crippen MR) is 67.2 cm³/mol. The van der Waals surface area contributed by atoms with E-state index in [0.29, 0.717) is 0 Å². The average Bonchev–Trinajstić information content (AvgIpc) is 2.10. The van der Waals surface area contributed by atoms with Gasteiger partial charge in [0.1, 0.15) is 0 Å². The van der Waals surface area contributed by atoms with E-state index >= 15 is 0 Å². The van der Waals surface area contributed by atoms with Crippen molar-refractivity contribution >= 4 is 22.6 Å². The summed E-state index contributed by atoms with van der Waals surface area (Å²) in [4.78, 5) is 0. The van der Waals surface area contributed by atoms with E-state index in [0.717, 1.165) is 22.3 Å². The highest BCUT2D eigenvalue weighted by molar-refractivity contribution is 14.1. The van der Waals surface area contributed by atoms with Crippen LogP contribution < -0.4 is 5.73 Å². The first-order chi connectivity index (χ1) is 6.24. The van der Waals surface area contributed by atoms with Gasteiger partial charge in [-0.25, -0.2) is 0 Å². The molecule has 1 fully saturated rings. The van der Waals surface area contributed by atoms with Gasteiger partial charge in [-0.1, -0.05) is 55.2 Å². The molecule has 0 aromatic carbocycles. The van der Waals surface area contributed by atoms with Crippen molar-refractivity contribution < 1.29 is 0 Å². The molecule has 0 aromatic rings. The molecule has 0 radical (unpaired) electrons. The molecule has 1 nitrogen and oxygen atoms in total. The molecule has 2 heteroatoms. The zero-order chi connectivity index (χ0) is 9.68. The number of nitrogens with two attached hydrogens (primary N) is 1. The second kappa shape index (κ2) is 6.23. The molecule has 0 bridgehead atoms. The smallest absolute Gasteiger partial charge is 0.0112 e. The fraction of sp³-hybridized carbons (Fsp3) is 1.00. The third kappa shape index (κ3) is 4.15. The first kappa shape index (κ1) is 11.8. The van der Waals surface area contributed by atoms with Crippen LogP contribution >= 0.6 is 22.6 Å². The van der Waals surface area contributed by atoms with Crippen LogP contribution in [0.5, 0.6) is 0 Å². The first-order valence-electron chi connectivity index (χ1n) is 5.58. The van der Waals surface area contributed by atoms with Crippen molar-refractivity contribution in [1.82, 2.24) is 0 Å². The second-order valence-corrected chi connectivity index (χ2v) is 6.21. The van der Waals surface area contributed by atoms with Gasteiger partial charge in [-0.15, -0.1) is 0 Å². The van der Waals surface area contributed by atoms with Gasteiger partial charge in [-0.2, -0.15) is 0 Å². The molecule has 0 aliphatic heterocycles. The fourth-order valence-electron chi connectivity index (χ4n) is 2.22. The van der Waals surface area contributed by atoms with Crippen LogP contribution in [0, 0.1) is 11.8 Å². The largest absolute Gasteiger partial charge is 0.330 e. The summed E-state index contributed by atoms with van der Waals surface area (Å²) in [5.74, 6) is 1.63. The van der Waals surface area contributed by atoms with Gasteiger partial charge in [-0.05, 0) is 31.2 Å². The van der Waals surface area contributed by atoms with Crippen molar-refractivity contribution in [3.8, 4) is 0 Å². The number of rotatable bonds is 2. The highest BCUT2D eigenvalue weighted by Gasteiger charge is 2.20. The lowest BCUT2D eigenvalue weighted by molar-refractivity contribution is 0.294. The van der Waals surface area contributed by atoms with Crippen molar-refractivity contribution in [1.29, 1.82) is 0 Å². The molecule has 0 aromatic heterocycles. The Labute approximate surface area is 96.0 Å². The van der Waals surface area contributed by atoms with Gasteiger partial charge in [0.05, 0.1) is 0 Å². The molecule has 1 saturated carbocycles. The molecule has 3 atom stereocenters. The summed E-state index contributed by atoms with van der Waals surface area (Å²) in [6.07, 6.45) is 8.55. The lowest BCUT2D eigenvalue weighted by Crippen LogP contribution is -2.24. The average molecular weight is 295 g/mol. The van der Waals surface area contributed by atoms with E-state index in [1.165, 1.54) is 38.5 Å². The van der Waals surface area contributed by atoms with Crippen LogP contribution in [-0.2, 0) is 0 Å². The van der Waals surface area contributed by atoms with Gasteiger partial charge in [0, 0.05) is 3.92 Å². The lowest BCUT2D eigenvalue weighted by atomic mass is 9.83. The van der Waals surface area contributed by atoms with E-state index < -0.39 is 0 Å². The SMILES string of the molecule is CC(CN)C1CCCCCC(I)C1. The molecule has 3 unspecified atom stereocenters. The third-order valence-electron chi connectivity index (χ3n) is 3.33. The Morgan fingerprint density at radius 2 is 2.00 bits per heavy atom. The molecule has 1 aliphatic rings. The highest BCUT2D eigenvalue weighted by atomic mass is 127. The van der Waals surface area contributed by atoms with E-state index in [4.69, 9.17) is 5.73 Å². The van der Waals surface area contributed by atoms with E-state index in [1.54, 1.807) is 0 Å². The minimum atomic E-state index is 0.732. The van der Waals surface area contributed by atoms with Crippen LogP contribution in [0.3, 0.4) is 0 Å². The van der Waals surface area contributed by atoms with Crippen molar-refractivity contribution in [2.45, 2.75) is 49.4 Å². The first-order valence-corrected chi connectivity index (χ1v) is 6.82. The molecular formula is C11H22IN. The normalized spacial score (nSPS) is 33.5. The summed E-state index contributed by atoms with van der Waals surface area (Å²) in [6.45, 7) is 3.18. The van der Waals surface area contributed by atoms with Crippen molar-refractivity contribution in [2.24, 2.45) is 17.6 Å². The van der Waals surface area contributed by atoms with Gasteiger partial charge in [0.2, 0.25) is 0 Å². The number of halogens is 1. The van der Waals surface area contributed by atoms with Crippen molar-refractivity contribution in [3.63, 3.8) is 0 Å². The Morgan fingerprint density at radius 3 is 2.69 bits per heavy atom. The molecule has 13 heavy (non-hydrogen) atoms. The van der Waals surface area contributed by atoms with Crippen molar-refractivity contribution in [3.05, 3.63) is 0 Å². The van der Waals surface area contributed by atoms with Gasteiger partial charge in [-0.3, -0.25) is 0 Å². The second-order valence-electron chi connectivity index (χ2n) is 4.44. The summed E-state index contributed by atoms with van der Waals surface area (Å²) >= 11 is 2.62. The van der Waals surface area contributed by atoms with Gasteiger partial charge >= 0.3 is 0 Å². The third-order valence-corrected chi connectivity index (χ3v) is 4.46. The highest BCUT2D eigenvalue weighted by Crippen LogP contribution is 2.31. The van der Waals surface area contributed by atoms with Crippen LogP contribution in [-0.4, -0.2) is 10.5 Å². The molecule has 1 aliphatic carbocycles. The minimum absolute atomic E-state index is 0.732. The molecule has 0 amide bonds. The topological polar surface area (TPSA) is 26.0 Å². The van der Waals surface area contributed by atoms with Gasteiger partial charge in [0.25, 0.3) is 0 Å². The molecule has 78 valence electrons. The monoisotopic (exact) mass is 295 g/mol. The van der Waals surface area contributed by atoms with Crippen LogP contribution in [0.25, 0.3) is 0 Å². The van der Waals surface area contributed by atoms with Gasteiger partial charge in [0.15, 0.2) is 0 Å². The molecule has 1 rings (SSSR count). The summed E-state index contributed by atoms with van der Waals surface area (Å²) in [5, 5.41) is 0. The Bertz CT molecular complexity index is 138. The van der Waals surface area contributed by atoms with Crippen LogP contribution in [0.15, 0.2) is 0 Å². The van der Waals surface area contributed by atoms with Gasteiger partial charge < -0.3 is 5.73 Å². The number of hydrogen-bond acceptors (Lipinski definition) is 1. The maximum atomic E-state index is 5.74. The molecule has 2 N–H and O–H groups in total. The zero-order valence-electron chi connectivity index (χ0n) is 8.64. The van der Waals surface area contributed by atoms with Crippen LogP contribution in [0.4, 0.5) is 0 Å². The fourth-order valence-corrected chi connectivity index (χ4v) is 3.32. The van der Waals surface area contributed by atoms with E-state index in [1.807, 2.05) is 0 Å². The Hall–Kier alpha value is 0.690. The Kier molecular flexibility index (Phi) is 5.63. The summed E-state index contributed by atoms with van der Waals surface area (Å²) in [6, 6.07) is 0. The number of alkyl halides is 1. The van der Waals surface area contributed by atoms with Crippen LogP contribution in [0.2, 0.25) is 0 Å². The molecule has 0 heterocycles. The lowest BCUT2D eigenvalue weighted by Gasteiger charge is -2.27. The van der Waals surface area contributed by atoms with E-state index in [2.05, 4.69) is 29.5 Å². The van der Waals surface area contributed by atoms with E-state index in [-0.39, 0.29) is 0 Å². The molecular weight excluding hydrogens is 273 g/mol. The van der Waals surface area contributed by atoms with Crippen LogP contribution in [0.1, 0.15) is 45.4 Å². The number of hydrogen-bond donors (Lipinski definition) is 1. The van der Waals surface area contributed by atoms with E-state index in [9.17, 15) is 0 Å². The standard InChI is InChI=1S/C11H22IN/c1-9(8-13)10-5-3-2-4-6-11(12)7-10/h9-11H,2-8,13H2,1H3. The Morgan fingerprint density at radius 1 is 1.31 bits per heavy atom. The maximum Gasteiger partial charge on any atom is 0.0112 e. The zero-order valence-corrected chi connectivity index (χ0v) is 10.8. The Balaban J connectivity index is 2.40. The summed E-state index contributed by atoms with van der Waals surface area (Å²) < 4.78 is 0.900. The molecule has 0 saturated heterocycles. The molecule has 0 spiro atoms. The summed E-state index contributed by atoms with van der Waals surface area (Å²) in [5.41, 5.74) is 5.74. The quantitative estimate of drug-likeness (QED) is 0.613.